The monoisotopic (exact) mass is 559 g/mol. The van der Waals surface area contributed by atoms with Gasteiger partial charge in [-0.15, -0.1) is 11.3 Å². The molecule has 1 amide bonds. The third-order valence-electron chi connectivity index (χ3n) is 6.50. The molecule has 1 N–H and O–H groups in total. The second kappa shape index (κ2) is 12.6. The first kappa shape index (κ1) is 27.9. The Hall–Kier alpha value is -3.12. The number of carbonyl (C=O) groups is 1. The minimum Gasteiger partial charge on any atom is -0.493 e. The number of methoxy groups -OCH3 is 3. The van der Waals surface area contributed by atoms with E-state index in [2.05, 4.69) is 9.62 Å². The van der Waals surface area contributed by atoms with Crippen LogP contribution >= 0.6 is 11.3 Å². The first-order chi connectivity index (χ1) is 18.4. The van der Waals surface area contributed by atoms with Crippen molar-refractivity contribution in [3.63, 3.8) is 0 Å². The molecule has 1 fully saturated rings. The van der Waals surface area contributed by atoms with Gasteiger partial charge in [-0.3, -0.25) is 9.69 Å². The number of nitrogens with one attached hydrogen (secondary N) is 1. The first-order valence-corrected chi connectivity index (χ1v) is 14.6. The molecule has 0 aliphatic carbocycles. The summed E-state index contributed by atoms with van der Waals surface area (Å²) in [7, 11) is 0.940. The van der Waals surface area contributed by atoms with Crippen molar-refractivity contribution in [3.8, 4) is 17.2 Å². The number of carbonyl (C=O) groups excluding carboxylic acids is 1. The largest absolute Gasteiger partial charge is 0.493 e. The van der Waals surface area contributed by atoms with E-state index >= 15 is 0 Å². The molecular weight excluding hydrogens is 526 g/mol. The van der Waals surface area contributed by atoms with Crippen LogP contribution in [-0.2, 0) is 27.8 Å². The van der Waals surface area contributed by atoms with Crippen LogP contribution in [0.1, 0.15) is 11.1 Å². The van der Waals surface area contributed by atoms with Crippen LogP contribution in [0.3, 0.4) is 0 Å². The molecule has 1 atom stereocenters. The van der Waals surface area contributed by atoms with Gasteiger partial charge >= 0.3 is 0 Å². The summed E-state index contributed by atoms with van der Waals surface area (Å²) < 4.78 is 45.3. The summed E-state index contributed by atoms with van der Waals surface area (Å²) in [5.41, 5.74) is 1.84. The van der Waals surface area contributed by atoms with Gasteiger partial charge in [0, 0.05) is 38.3 Å². The minimum atomic E-state index is -3.82. The third kappa shape index (κ3) is 6.47. The number of rotatable bonds is 11. The summed E-state index contributed by atoms with van der Waals surface area (Å²) in [6, 6.07) is 15.6. The van der Waals surface area contributed by atoms with Crippen LogP contribution in [0.5, 0.6) is 17.2 Å². The van der Waals surface area contributed by atoms with E-state index in [0.717, 1.165) is 22.5 Å². The third-order valence-corrected chi connectivity index (χ3v) is 9.37. The van der Waals surface area contributed by atoms with Crippen molar-refractivity contribution in [2.24, 2.45) is 0 Å². The molecule has 0 unspecified atom stereocenters. The predicted molar refractivity (Wildman–Crippen MR) is 147 cm³/mol. The highest BCUT2D eigenvalue weighted by Gasteiger charge is 2.32. The Morgan fingerprint density at radius 2 is 1.63 bits per heavy atom. The molecule has 38 heavy (non-hydrogen) atoms. The molecule has 0 radical (unpaired) electrons. The zero-order chi connectivity index (χ0) is 27.1. The second-order valence-corrected chi connectivity index (χ2v) is 11.8. The average molecular weight is 560 g/mol. The Kier molecular flexibility index (Phi) is 9.26. The molecule has 1 aliphatic heterocycles. The van der Waals surface area contributed by atoms with E-state index in [-0.39, 0.29) is 16.5 Å². The quantitative estimate of drug-likeness (QED) is 0.386. The van der Waals surface area contributed by atoms with Crippen LogP contribution < -0.4 is 18.9 Å². The van der Waals surface area contributed by atoms with Gasteiger partial charge in [-0.1, -0.05) is 42.5 Å². The van der Waals surface area contributed by atoms with Crippen molar-refractivity contribution in [1.82, 2.24) is 14.5 Å². The van der Waals surface area contributed by atoms with Crippen LogP contribution in [0, 0.1) is 0 Å². The first-order valence-electron chi connectivity index (χ1n) is 12.2. The highest BCUT2D eigenvalue weighted by molar-refractivity contribution is 7.91. The second-order valence-electron chi connectivity index (χ2n) is 8.89. The Balaban J connectivity index is 1.45. The Morgan fingerprint density at radius 3 is 2.24 bits per heavy atom. The van der Waals surface area contributed by atoms with E-state index < -0.39 is 16.1 Å². The van der Waals surface area contributed by atoms with Gasteiger partial charge in [0.05, 0.1) is 21.3 Å². The van der Waals surface area contributed by atoms with E-state index in [1.165, 1.54) is 6.07 Å². The molecule has 0 saturated carbocycles. The number of ether oxygens (including phenoxy) is 3. The SMILES string of the molecule is COc1ccc(CN2CCN(C(=O)[C@@H](Cc3ccccc3)NS(=O)(=O)c3cccs3)CC2)c(OC)c1OC. The summed E-state index contributed by atoms with van der Waals surface area (Å²) in [5, 5.41) is 1.70. The van der Waals surface area contributed by atoms with Crippen molar-refractivity contribution in [1.29, 1.82) is 0 Å². The van der Waals surface area contributed by atoms with E-state index in [4.69, 9.17) is 14.2 Å². The zero-order valence-corrected chi connectivity index (χ0v) is 23.4. The molecule has 0 bridgehead atoms. The van der Waals surface area contributed by atoms with Gasteiger partial charge in [-0.05, 0) is 29.5 Å². The Bertz CT molecular complexity index is 1310. The van der Waals surface area contributed by atoms with Gasteiger partial charge in [-0.25, -0.2) is 8.42 Å². The van der Waals surface area contributed by atoms with Crippen LogP contribution in [0.4, 0.5) is 0 Å². The topological polar surface area (TPSA) is 97.4 Å². The molecule has 2 heterocycles. The number of nitrogens with zero attached hydrogens (tertiary/aromatic N) is 2. The molecule has 11 heteroatoms. The van der Waals surface area contributed by atoms with Gasteiger partial charge in [0.25, 0.3) is 10.0 Å². The normalized spacial score (nSPS) is 15.2. The highest BCUT2D eigenvalue weighted by atomic mass is 32.2. The number of hydrogen-bond donors (Lipinski definition) is 1. The average Bonchev–Trinajstić information content (AvgIpc) is 3.49. The van der Waals surface area contributed by atoms with Crippen LogP contribution in [-0.4, -0.2) is 77.7 Å². The predicted octanol–water partition coefficient (Wildman–Crippen LogP) is 3.01. The molecule has 204 valence electrons. The van der Waals surface area contributed by atoms with E-state index in [9.17, 15) is 13.2 Å². The molecule has 1 aromatic heterocycles. The van der Waals surface area contributed by atoms with Crippen LogP contribution in [0.2, 0.25) is 0 Å². The lowest BCUT2D eigenvalue weighted by Crippen LogP contribution is -2.55. The molecule has 1 saturated heterocycles. The summed E-state index contributed by atoms with van der Waals surface area (Å²) in [6.07, 6.45) is 0.271. The molecule has 4 rings (SSSR count). The van der Waals surface area contributed by atoms with Gasteiger partial charge in [0.2, 0.25) is 11.7 Å². The lowest BCUT2D eigenvalue weighted by Gasteiger charge is -2.36. The lowest BCUT2D eigenvalue weighted by atomic mass is 10.1. The maximum absolute atomic E-state index is 13.6. The smallest absolute Gasteiger partial charge is 0.250 e. The molecule has 1 aliphatic rings. The lowest BCUT2D eigenvalue weighted by molar-refractivity contribution is -0.134. The fourth-order valence-corrected chi connectivity index (χ4v) is 6.77. The number of amides is 1. The zero-order valence-electron chi connectivity index (χ0n) is 21.8. The summed E-state index contributed by atoms with van der Waals surface area (Å²) in [4.78, 5) is 17.6. The minimum absolute atomic E-state index is 0.192. The number of sulfonamides is 1. The van der Waals surface area contributed by atoms with Crippen molar-refractivity contribution >= 4 is 27.3 Å². The Labute approximate surface area is 228 Å². The number of benzene rings is 2. The summed E-state index contributed by atoms with van der Waals surface area (Å²) in [5.74, 6) is 1.54. The van der Waals surface area contributed by atoms with E-state index in [1.54, 1.807) is 37.7 Å². The van der Waals surface area contributed by atoms with Gasteiger partial charge in [0.15, 0.2) is 11.5 Å². The van der Waals surface area contributed by atoms with Crippen molar-refractivity contribution < 1.29 is 27.4 Å². The van der Waals surface area contributed by atoms with Crippen molar-refractivity contribution in [2.75, 3.05) is 47.5 Å². The molecular formula is C27H33N3O6S2. The van der Waals surface area contributed by atoms with Gasteiger partial charge < -0.3 is 19.1 Å². The van der Waals surface area contributed by atoms with Crippen LogP contribution in [0.15, 0.2) is 64.2 Å². The maximum atomic E-state index is 13.6. The summed E-state index contributed by atoms with van der Waals surface area (Å²) in [6.45, 7) is 2.86. The van der Waals surface area contributed by atoms with Crippen molar-refractivity contribution in [3.05, 3.63) is 71.1 Å². The maximum Gasteiger partial charge on any atom is 0.250 e. The van der Waals surface area contributed by atoms with Gasteiger partial charge in [-0.2, -0.15) is 4.72 Å². The molecule has 3 aromatic rings. The standard InChI is InChI=1S/C27H33N3O6S2/c1-34-23-12-11-21(25(35-2)26(23)36-3)19-29-13-15-30(16-14-29)27(31)22(18-20-8-5-4-6-9-20)28-38(32,33)24-10-7-17-37-24/h4-12,17,22,28H,13-16,18-19H2,1-3H3/t22-/m1/s1. The van der Waals surface area contributed by atoms with Gasteiger partial charge in [0.1, 0.15) is 10.3 Å². The van der Waals surface area contributed by atoms with E-state index in [1.807, 2.05) is 42.5 Å². The summed E-state index contributed by atoms with van der Waals surface area (Å²) >= 11 is 1.13. The van der Waals surface area contributed by atoms with Crippen molar-refractivity contribution in [2.45, 2.75) is 23.2 Å². The molecule has 2 aromatic carbocycles. The number of thiophene rings is 1. The fourth-order valence-electron chi connectivity index (χ4n) is 4.57. The highest BCUT2D eigenvalue weighted by Crippen LogP contribution is 2.40. The molecule has 9 nitrogen and oxygen atoms in total. The Morgan fingerprint density at radius 1 is 0.921 bits per heavy atom. The van der Waals surface area contributed by atoms with E-state index in [0.29, 0.717) is 50.0 Å². The number of hydrogen-bond acceptors (Lipinski definition) is 8. The fraction of sp³-hybridized carbons (Fsp3) is 0.370. The molecule has 0 spiro atoms. The number of piperazine rings is 1. The van der Waals surface area contributed by atoms with Crippen LogP contribution in [0.25, 0.3) is 0 Å².